The minimum atomic E-state index is -0.320. The van der Waals surface area contributed by atoms with Gasteiger partial charge in [-0.05, 0) is 24.6 Å². The topological polar surface area (TPSA) is 44.8 Å². The van der Waals surface area contributed by atoms with Crippen LogP contribution in [0.5, 0.6) is 0 Å². The summed E-state index contributed by atoms with van der Waals surface area (Å²) in [7, 11) is 0. The highest BCUT2D eigenvalue weighted by Gasteiger charge is 2.06. The van der Waals surface area contributed by atoms with Gasteiger partial charge >= 0.3 is 5.97 Å². The van der Waals surface area contributed by atoms with Gasteiger partial charge in [0.15, 0.2) is 6.29 Å². The summed E-state index contributed by atoms with van der Waals surface area (Å²) < 4.78 is 17.1. The number of alkyl halides is 1. The van der Waals surface area contributed by atoms with E-state index in [1.165, 1.54) is 0 Å². The lowest BCUT2D eigenvalue weighted by molar-refractivity contribution is -0.117. The quantitative estimate of drug-likeness (QED) is 0.136. The van der Waals surface area contributed by atoms with Gasteiger partial charge in [-0.15, -0.1) is 0 Å². The van der Waals surface area contributed by atoms with Gasteiger partial charge < -0.3 is 14.2 Å². The molecule has 0 radical (unpaired) electrons. The molecule has 4 nitrogen and oxygen atoms in total. The van der Waals surface area contributed by atoms with E-state index < -0.39 is 0 Å². The monoisotopic (exact) mass is 418 g/mol. The second-order valence-electron chi connectivity index (χ2n) is 4.58. The fraction of sp³-hybridized carbons (Fsp3) is 0.471. The molecule has 0 bridgehead atoms. The zero-order valence-corrected chi connectivity index (χ0v) is 15.0. The SMILES string of the molecule is CCCCOC(CI)OC/C=C\COC(=O)c1ccccc1. The Kier molecular flexibility index (Phi) is 11.0. The summed E-state index contributed by atoms with van der Waals surface area (Å²) in [6.07, 6.45) is 5.59. The minimum Gasteiger partial charge on any atom is -0.458 e. The van der Waals surface area contributed by atoms with Crippen molar-refractivity contribution in [1.82, 2.24) is 0 Å². The summed E-state index contributed by atoms with van der Waals surface area (Å²) in [5.41, 5.74) is 0.557. The largest absolute Gasteiger partial charge is 0.458 e. The van der Waals surface area contributed by atoms with Crippen molar-refractivity contribution in [2.45, 2.75) is 26.1 Å². The molecule has 0 saturated carbocycles. The lowest BCUT2D eigenvalue weighted by Gasteiger charge is -2.14. The van der Waals surface area contributed by atoms with Crippen molar-refractivity contribution in [2.75, 3.05) is 24.2 Å². The van der Waals surface area contributed by atoms with Gasteiger partial charge in [0.1, 0.15) is 6.61 Å². The van der Waals surface area contributed by atoms with E-state index in [1.807, 2.05) is 24.3 Å². The molecule has 0 fully saturated rings. The van der Waals surface area contributed by atoms with Crippen molar-refractivity contribution in [3.8, 4) is 0 Å². The van der Waals surface area contributed by atoms with Gasteiger partial charge in [0.25, 0.3) is 0 Å². The molecule has 0 aliphatic carbocycles. The fourth-order valence-corrected chi connectivity index (χ4v) is 2.09. The number of halogens is 1. The summed E-state index contributed by atoms with van der Waals surface area (Å²) in [5, 5.41) is 0. The molecule has 22 heavy (non-hydrogen) atoms. The number of esters is 1. The van der Waals surface area contributed by atoms with Gasteiger partial charge in [-0.1, -0.05) is 60.2 Å². The summed E-state index contributed by atoms with van der Waals surface area (Å²) in [6.45, 7) is 3.54. The second-order valence-corrected chi connectivity index (χ2v) is 5.46. The molecule has 0 aliphatic rings. The van der Waals surface area contributed by atoms with Crippen LogP contribution < -0.4 is 0 Å². The van der Waals surface area contributed by atoms with Crippen LogP contribution in [0.25, 0.3) is 0 Å². The third-order valence-corrected chi connectivity index (χ3v) is 3.51. The first-order chi connectivity index (χ1) is 10.8. The molecule has 0 spiro atoms. The molecule has 1 rings (SSSR count). The van der Waals surface area contributed by atoms with Crippen LogP contribution in [0.15, 0.2) is 42.5 Å². The molecule has 1 unspecified atom stereocenters. The molecular formula is C17H23IO4. The standard InChI is InChI=1S/C17H23IO4/c1-2-3-11-20-16(14-18)21-12-7-8-13-22-17(19)15-9-5-4-6-10-15/h4-10,16H,2-3,11-14H2,1H3/b8-7-. The van der Waals surface area contributed by atoms with Crippen molar-refractivity contribution in [3.05, 3.63) is 48.0 Å². The van der Waals surface area contributed by atoms with E-state index in [0.717, 1.165) is 23.9 Å². The maximum absolute atomic E-state index is 11.7. The number of benzene rings is 1. The van der Waals surface area contributed by atoms with Crippen molar-refractivity contribution < 1.29 is 19.0 Å². The molecule has 0 aromatic heterocycles. The lowest BCUT2D eigenvalue weighted by atomic mass is 10.2. The van der Waals surface area contributed by atoms with E-state index in [0.29, 0.717) is 12.2 Å². The molecule has 0 amide bonds. The maximum Gasteiger partial charge on any atom is 0.338 e. The second kappa shape index (κ2) is 12.6. The Morgan fingerprint density at radius 3 is 2.59 bits per heavy atom. The summed E-state index contributed by atoms with van der Waals surface area (Å²) in [5.74, 6) is -0.320. The number of rotatable bonds is 11. The molecule has 5 heteroatoms. The summed E-state index contributed by atoms with van der Waals surface area (Å²) >= 11 is 2.24. The van der Waals surface area contributed by atoms with Crippen LogP contribution in [0.3, 0.4) is 0 Å². The van der Waals surface area contributed by atoms with Gasteiger partial charge in [0.2, 0.25) is 0 Å². The Labute approximate surface area is 146 Å². The van der Waals surface area contributed by atoms with Crippen molar-refractivity contribution in [2.24, 2.45) is 0 Å². The minimum absolute atomic E-state index is 0.177. The molecule has 0 N–H and O–H groups in total. The van der Waals surface area contributed by atoms with Gasteiger partial charge in [-0.3, -0.25) is 0 Å². The lowest BCUT2D eigenvalue weighted by Crippen LogP contribution is -2.19. The number of carbonyl (C=O) groups excluding carboxylic acids is 1. The predicted molar refractivity (Wildman–Crippen MR) is 95.4 cm³/mol. The molecule has 1 atom stereocenters. The number of hydrogen-bond acceptors (Lipinski definition) is 4. The highest BCUT2D eigenvalue weighted by atomic mass is 127. The molecule has 1 aromatic carbocycles. The van der Waals surface area contributed by atoms with E-state index in [4.69, 9.17) is 14.2 Å². The van der Waals surface area contributed by atoms with Crippen LogP contribution in [0.1, 0.15) is 30.1 Å². The first-order valence-electron chi connectivity index (χ1n) is 7.44. The van der Waals surface area contributed by atoms with Crippen LogP contribution in [-0.4, -0.2) is 36.5 Å². The third-order valence-electron chi connectivity index (χ3n) is 2.79. The van der Waals surface area contributed by atoms with Gasteiger partial charge in [-0.2, -0.15) is 0 Å². The zero-order chi connectivity index (χ0) is 16.0. The van der Waals surface area contributed by atoms with E-state index in [9.17, 15) is 4.79 Å². The van der Waals surface area contributed by atoms with Crippen LogP contribution >= 0.6 is 22.6 Å². The number of carbonyl (C=O) groups is 1. The molecule has 0 heterocycles. The fourth-order valence-electron chi connectivity index (χ4n) is 1.58. The van der Waals surface area contributed by atoms with E-state index in [2.05, 4.69) is 29.5 Å². The Balaban J connectivity index is 2.14. The van der Waals surface area contributed by atoms with Crippen LogP contribution in [-0.2, 0) is 14.2 Å². The molecular weight excluding hydrogens is 395 g/mol. The summed E-state index contributed by atoms with van der Waals surface area (Å²) in [6, 6.07) is 8.94. The average Bonchev–Trinajstić information content (AvgIpc) is 2.57. The zero-order valence-electron chi connectivity index (χ0n) is 12.9. The van der Waals surface area contributed by atoms with Gasteiger partial charge in [0, 0.05) is 6.61 Å². The van der Waals surface area contributed by atoms with E-state index in [1.54, 1.807) is 18.2 Å². The normalized spacial score (nSPS) is 12.5. The van der Waals surface area contributed by atoms with E-state index >= 15 is 0 Å². The number of hydrogen-bond donors (Lipinski definition) is 0. The highest BCUT2D eigenvalue weighted by molar-refractivity contribution is 14.1. The Bertz CT molecular complexity index is 434. The maximum atomic E-state index is 11.7. The van der Waals surface area contributed by atoms with Crippen molar-refractivity contribution in [3.63, 3.8) is 0 Å². The molecule has 0 saturated heterocycles. The Morgan fingerprint density at radius 1 is 1.18 bits per heavy atom. The van der Waals surface area contributed by atoms with Crippen molar-refractivity contribution >= 4 is 28.6 Å². The molecule has 0 aliphatic heterocycles. The highest BCUT2D eigenvalue weighted by Crippen LogP contribution is 2.03. The third kappa shape index (κ3) is 8.51. The Hall–Kier alpha value is -0.920. The van der Waals surface area contributed by atoms with Crippen LogP contribution in [0.4, 0.5) is 0 Å². The van der Waals surface area contributed by atoms with Crippen molar-refractivity contribution in [1.29, 1.82) is 0 Å². The smallest absolute Gasteiger partial charge is 0.338 e. The first-order valence-corrected chi connectivity index (χ1v) is 8.96. The van der Waals surface area contributed by atoms with Gasteiger partial charge in [0.05, 0.1) is 16.6 Å². The first kappa shape index (κ1) is 19.1. The summed E-state index contributed by atoms with van der Waals surface area (Å²) in [4.78, 5) is 11.7. The van der Waals surface area contributed by atoms with E-state index in [-0.39, 0.29) is 18.9 Å². The van der Waals surface area contributed by atoms with Crippen LogP contribution in [0, 0.1) is 0 Å². The number of unbranched alkanes of at least 4 members (excludes halogenated alkanes) is 1. The molecule has 122 valence electrons. The predicted octanol–water partition coefficient (Wildman–Crippen LogP) is 3.99. The molecule has 1 aromatic rings. The van der Waals surface area contributed by atoms with Crippen LogP contribution in [0.2, 0.25) is 0 Å². The Morgan fingerprint density at radius 2 is 1.91 bits per heavy atom. The average molecular weight is 418 g/mol. The van der Waals surface area contributed by atoms with Gasteiger partial charge in [-0.25, -0.2) is 4.79 Å². The number of ether oxygens (including phenoxy) is 3.